The van der Waals surface area contributed by atoms with Crippen LogP contribution in [0.4, 0.5) is 5.69 Å². The number of ketones is 1. The summed E-state index contributed by atoms with van der Waals surface area (Å²) < 4.78 is 6.18. The monoisotopic (exact) mass is 400 g/mol. The average molecular weight is 401 g/mol. The zero-order chi connectivity index (χ0) is 16.8. The molecule has 0 spiro atoms. The third-order valence-corrected chi connectivity index (χ3v) is 4.53. The molecule has 2 aromatic carbocycles. The molecule has 24 heavy (non-hydrogen) atoms. The second-order valence-corrected chi connectivity index (χ2v) is 6.74. The highest BCUT2D eigenvalue weighted by atomic mass is 79.9. The number of hydrogen-bond acceptors (Lipinski definition) is 5. The van der Waals surface area contributed by atoms with Gasteiger partial charge >= 0.3 is 0 Å². The lowest BCUT2D eigenvalue weighted by atomic mass is 10.3. The highest BCUT2D eigenvalue weighted by Crippen LogP contribution is 2.22. The first kappa shape index (κ1) is 16.5. The molecule has 6 heteroatoms. The first-order chi connectivity index (χ1) is 11.7. The molecule has 1 N–H and O–H groups in total. The van der Waals surface area contributed by atoms with Crippen LogP contribution in [0.5, 0.6) is 0 Å². The SMILES string of the molecule is O=C(/C(=N\Nc1ccc(Br)cc1)Sc1ccccc1)c1ccco1. The van der Waals surface area contributed by atoms with E-state index in [1.807, 2.05) is 54.6 Å². The maximum atomic E-state index is 12.6. The highest BCUT2D eigenvalue weighted by Gasteiger charge is 2.18. The molecule has 1 aromatic heterocycles. The Morgan fingerprint density at radius 1 is 1.00 bits per heavy atom. The summed E-state index contributed by atoms with van der Waals surface area (Å²) in [6.07, 6.45) is 1.47. The number of furan rings is 1. The van der Waals surface area contributed by atoms with Gasteiger partial charge in [0.1, 0.15) is 0 Å². The lowest BCUT2D eigenvalue weighted by Crippen LogP contribution is -2.12. The van der Waals surface area contributed by atoms with Gasteiger partial charge in [-0.3, -0.25) is 10.2 Å². The third-order valence-electron chi connectivity index (χ3n) is 3.03. The van der Waals surface area contributed by atoms with Crippen LogP contribution in [0.15, 0.2) is 91.9 Å². The minimum absolute atomic E-state index is 0.259. The van der Waals surface area contributed by atoms with Gasteiger partial charge in [0.15, 0.2) is 10.8 Å². The Kier molecular flexibility index (Phi) is 5.51. The van der Waals surface area contributed by atoms with Gasteiger partial charge in [0.25, 0.3) is 5.78 Å². The molecule has 0 bridgehead atoms. The van der Waals surface area contributed by atoms with Gasteiger partial charge in [-0.1, -0.05) is 45.9 Å². The van der Waals surface area contributed by atoms with Crippen molar-refractivity contribution < 1.29 is 9.21 Å². The third kappa shape index (κ3) is 4.37. The molecular weight excluding hydrogens is 388 g/mol. The molecule has 0 aliphatic heterocycles. The van der Waals surface area contributed by atoms with Gasteiger partial charge in [-0.25, -0.2) is 0 Å². The zero-order valence-electron chi connectivity index (χ0n) is 12.5. The zero-order valence-corrected chi connectivity index (χ0v) is 14.9. The summed E-state index contributed by atoms with van der Waals surface area (Å²) in [7, 11) is 0. The number of carbonyl (C=O) groups is 1. The van der Waals surface area contributed by atoms with Crippen LogP contribution in [-0.2, 0) is 0 Å². The van der Waals surface area contributed by atoms with Crippen molar-refractivity contribution in [2.75, 3.05) is 5.43 Å². The van der Waals surface area contributed by atoms with Gasteiger partial charge in [0.05, 0.1) is 12.0 Å². The number of nitrogens with zero attached hydrogens (tertiary/aromatic N) is 1. The second-order valence-electron chi connectivity index (χ2n) is 4.76. The largest absolute Gasteiger partial charge is 0.461 e. The molecule has 3 aromatic rings. The lowest BCUT2D eigenvalue weighted by molar-refractivity contribution is 0.104. The number of nitrogens with one attached hydrogen (secondary N) is 1. The van der Waals surface area contributed by atoms with E-state index in [1.54, 1.807) is 12.1 Å². The summed E-state index contributed by atoms with van der Waals surface area (Å²) in [5.74, 6) is -0.00625. The fourth-order valence-electron chi connectivity index (χ4n) is 1.87. The number of benzene rings is 2. The van der Waals surface area contributed by atoms with Crippen molar-refractivity contribution in [2.45, 2.75) is 4.90 Å². The van der Waals surface area contributed by atoms with Crippen molar-refractivity contribution in [2.24, 2.45) is 5.10 Å². The van der Waals surface area contributed by atoms with E-state index in [-0.39, 0.29) is 11.5 Å². The molecule has 0 aliphatic rings. The maximum Gasteiger partial charge on any atom is 0.255 e. The quantitative estimate of drug-likeness (QED) is 0.203. The van der Waals surface area contributed by atoms with E-state index in [0.717, 1.165) is 15.1 Å². The van der Waals surface area contributed by atoms with E-state index in [4.69, 9.17) is 4.42 Å². The summed E-state index contributed by atoms with van der Waals surface area (Å²) in [6.45, 7) is 0. The number of hydrogen-bond donors (Lipinski definition) is 1. The van der Waals surface area contributed by atoms with E-state index < -0.39 is 0 Å². The first-order valence-corrected chi connectivity index (χ1v) is 8.74. The Balaban J connectivity index is 1.84. The fraction of sp³-hybridized carbons (Fsp3) is 0. The fourth-order valence-corrected chi connectivity index (χ4v) is 2.94. The molecule has 120 valence electrons. The predicted octanol–water partition coefficient (Wildman–Crippen LogP) is 5.44. The molecule has 1 heterocycles. The maximum absolute atomic E-state index is 12.6. The van der Waals surface area contributed by atoms with Crippen LogP contribution < -0.4 is 5.43 Å². The summed E-state index contributed by atoms with van der Waals surface area (Å²) in [4.78, 5) is 13.5. The molecule has 0 saturated carbocycles. The number of carbonyl (C=O) groups excluding carboxylic acids is 1. The second kappa shape index (κ2) is 7.99. The summed E-state index contributed by atoms with van der Waals surface area (Å²) in [5.41, 5.74) is 3.71. The summed E-state index contributed by atoms with van der Waals surface area (Å²) in [5, 5.41) is 4.58. The number of hydrazone groups is 1. The first-order valence-electron chi connectivity index (χ1n) is 7.13. The van der Waals surface area contributed by atoms with Gasteiger partial charge in [-0.2, -0.15) is 5.10 Å². The van der Waals surface area contributed by atoms with Gasteiger partial charge in [-0.15, -0.1) is 0 Å². The van der Waals surface area contributed by atoms with E-state index in [0.29, 0.717) is 5.04 Å². The number of Topliss-reactive ketones (excluding diaryl/α,β-unsaturated/α-hetero) is 1. The van der Waals surface area contributed by atoms with Gasteiger partial charge in [0, 0.05) is 9.37 Å². The van der Waals surface area contributed by atoms with Crippen molar-refractivity contribution in [1.82, 2.24) is 0 Å². The Labute approximate surface area is 152 Å². The van der Waals surface area contributed by atoms with E-state index >= 15 is 0 Å². The van der Waals surface area contributed by atoms with E-state index in [2.05, 4.69) is 26.5 Å². The van der Waals surface area contributed by atoms with Gasteiger partial charge < -0.3 is 4.42 Å². The smallest absolute Gasteiger partial charge is 0.255 e. The molecule has 0 radical (unpaired) electrons. The lowest BCUT2D eigenvalue weighted by Gasteiger charge is -2.06. The predicted molar refractivity (Wildman–Crippen MR) is 101 cm³/mol. The Bertz CT molecular complexity index is 831. The van der Waals surface area contributed by atoms with Crippen molar-refractivity contribution in [1.29, 1.82) is 0 Å². The van der Waals surface area contributed by atoms with Crippen molar-refractivity contribution in [3.05, 3.63) is 83.2 Å². The Hall–Kier alpha value is -2.31. The highest BCUT2D eigenvalue weighted by molar-refractivity contribution is 9.10. The molecule has 0 aliphatic carbocycles. The van der Waals surface area contributed by atoms with Crippen molar-refractivity contribution in [3.8, 4) is 0 Å². The Morgan fingerprint density at radius 3 is 2.42 bits per heavy atom. The van der Waals surface area contributed by atoms with Crippen LogP contribution >= 0.6 is 27.7 Å². The van der Waals surface area contributed by atoms with E-state index in [9.17, 15) is 4.79 Å². The minimum Gasteiger partial charge on any atom is -0.461 e. The Morgan fingerprint density at radius 2 is 1.75 bits per heavy atom. The molecule has 0 atom stereocenters. The molecule has 3 rings (SSSR count). The molecule has 0 unspecified atom stereocenters. The molecule has 0 fully saturated rings. The summed E-state index contributed by atoms with van der Waals surface area (Å²) >= 11 is 4.67. The molecular formula is C18H13BrN2O2S. The van der Waals surface area contributed by atoms with E-state index in [1.165, 1.54) is 18.0 Å². The normalized spacial score (nSPS) is 11.3. The summed E-state index contributed by atoms with van der Waals surface area (Å²) in [6, 6.07) is 20.5. The number of rotatable bonds is 5. The topological polar surface area (TPSA) is 54.6 Å². The molecule has 0 saturated heterocycles. The van der Waals surface area contributed by atoms with Crippen LogP contribution in [0.2, 0.25) is 0 Å². The van der Waals surface area contributed by atoms with Crippen LogP contribution in [0.3, 0.4) is 0 Å². The number of anilines is 1. The molecule has 0 amide bonds. The minimum atomic E-state index is -0.265. The standard InChI is InChI=1S/C18H13BrN2O2S/c19-13-8-10-14(11-9-13)20-21-18(17(22)16-7-4-12-23-16)24-15-5-2-1-3-6-15/h1-12,20H/b21-18+. The van der Waals surface area contributed by atoms with Gasteiger partial charge in [0.2, 0.25) is 0 Å². The van der Waals surface area contributed by atoms with Crippen LogP contribution in [0.1, 0.15) is 10.6 Å². The van der Waals surface area contributed by atoms with Crippen molar-refractivity contribution >= 4 is 44.2 Å². The van der Waals surface area contributed by atoms with Gasteiger partial charge in [-0.05, 0) is 48.5 Å². The van der Waals surface area contributed by atoms with Crippen LogP contribution in [-0.4, -0.2) is 10.8 Å². The van der Waals surface area contributed by atoms with Crippen LogP contribution in [0, 0.1) is 0 Å². The van der Waals surface area contributed by atoms with Crippen LogP contribution in [0.25, 0.3) is 0 Å². The number of halogens is 1. The number of thioether (sulfide) groups is 1. The molecule has 4 nitrogen and oxygen atoms in total. The van der Waals surface area contributed by atoms with Crippen molar-refractivity contribution in [3.63, 3.8) is 0 Å². The average Bonchev–Trinajstić information content (AvgIpc) is 3.15.